The van der Waals surface area contributed by atoms with Gasteiger partial charge in [-0.1, -0.05) is 73.0 Å². The Labute approximate surface area is 135 Å². The largest absolute Gasteiger partial charge is 0.300 e. The van der Waals surface area contributed by atoms with E-state index in [0.717, 1.165) is 12.8 Å². The van der Waals surface area contributed by atoms with Crippen LogP contribution in [0.2, 0.25) is 0 Å². The average molecular weight is 297 g/mol. The summed E-state index contributed by atoms with van der Waals surface area (Å²) in [6.45, 7) is 16.2. The molecule has 0 radical (unpaired) electrons. The lowest BCUT2D eigenvalue weighted by atomic mass is 10.3. The van der Waals surface area contributed by atoms with Gasteiger partial charge in [-0.2, -0.15) is 0 Å². The number of allylic oxidation sites excluding steroid dienone is 2. The Hall–Kier alpha value is -1.03. The first-order valence-electron chi connectivity index (χ1n) is 8.58. The Balaban J connectivity index is -0.0000000921. The SMILES string of the molecule is C/C=C\CC.CC#CCC.CCC(=O)CC.CCCCC. The van der Waals surface area contributed by atoms with Crippen molar-refractivity contribution in [2.45, 2.75) is 100 Å². The zero-order valence-corrected chi connectivity index (χ0v) is 16.0. The molecule has 0 rings (SSSR count). The topological polar surface area (TPSA) is 17.1 Å². The molecule has 0 saturated heterocycles. The normalized spacial score (nSPS) is 8.00. The molecule has 1 nitrogen and oxygen atoms in total. The van der Waals surface area contributed by atoms with Crippen molar-refractivity contribution in [3.05, 3.63) is 12.2 Å². The molecule has 0 atom stereocenters. The van der Waals surface area contributed by atoms with Crippen molar-refractivity contribution in [1.82, 2.24) is 0 Å². The van der Waals surface area contributed by atoms with Crippen LogP contribution in [0.4, 0.5) is 0 Å². The molecule has 126 valence electrons. The summed E-state index contributed by atoms with van der Waals surface area (Å²) in [6, 6.07) is 0. The van der Waals surface area contributed by atoms with Crippen LogP contribution < -0.4 is 0 Å². The average Bonchev–Trinajstić information content (AvgIpc) is 2.51. The first kappa shape index (κ1) is 28.2. The van der Waals surface area contributed by atoms with Crippen LogP contribution in [-0.2, 0) is 4.79 Å². The lowest BCUT2D eigenvalue weighted by Gasteiger charge is -1.81. The van der Waals surface area contributed by atoms with Crippen LogP contribution >= 0.6 is 0 Å². The van der Waals surface area contributed by atoms with Crippen molar-refractivity contribution in [2.24, 2.45) is 0 Å². The van der Waals surface area contributed by atoms with E-state index >= 15 is 0 Å². The molecule has 0 aromatic heterocycles. The number of carbonyl (C=O) groups is 1. The van der Waals surface area contributed by atoms with E-state index in [1.54, 1.807) is 0 Å². The zero-order chi connectivity index (χ0) is 17.4. The molecule has 1 heteroatoms. The Kier molecular flexibility index (Phi) is 48.9. The number of hydrogen-bond donors (Lipinski definition) is 0. The van der Waals surface area contributed by atoms with Crippen LogP contribution in [0.3, 0.4) is 0 Å². The molecule has 0 spiro atoms. The minimum absolute atomic E-state index is 0.343. The van der Waals surface area contributed by atoms with Crippen molar-refractivity contribution in [3.63, 3.8) is 0 Å². The summed E-state index contributed by atoms with van der Waals surface area (Å²) >= 11 is 0. The molecule has 21 heavy (non-hydrogen) atoms. The van der Waals surface area contributed by atoms with Gasteiger partial charge in [0, 0.05) is 19.3 Å². The second-order valence-electron chi connectivity index (χ2n) is 4.36. The third kappa shape index (κ3) is 67.9. The molecule has 0 fully saturated rings. The van der Waals surface area contributed by atoms with E-state index in [4.69, 9.17) is 0 Å². The lowest BCUT2D eigenvalue weighted by molar-refractivity contribution is -0.118. The minimum Gasteiger partial charge on any atom is -0.300 e. The molecule has 0 unspecified atom stereocenters. The van der Waals surface area contributed by atoms with E-state index in [1.807, 2.05) is 34.6 Å². The molecule has 0 aromatic rings. The van der Waals surface area contributed by atoms with E-state index < -0.39 is 0 Å². The number of rotatable bonds is 5. The van der Waals surface area contributed by atoms with Crippen LogP contribution in [0, 0.1) is 11.8 Å². The Bertz CT molecular complexity index is 232. The van der Waals surface area contributed by atoms with Crippen molar-refractivity contribution in [2.75, 3.05) is 0 Å². The summed E-state index contributed by atoms with van der Waals surface area (Å²) in [5.74, 6) is 5.97. The van der Waals surface area contributed by atoms with E-state index in [9.17, 15) is 4.79 Å². The second kappa shape index (κ2) is 36.4. The molecule has 0 bridgehead atoms. The molecule has 0 N–H and O–H groups in total. The molecular weight excluding hydrogens is 256 g/mol. The van der Waals surface area contributed by atoms with Crippen molar-refractivity contribution >= 4 is 5.78 Å². The van der Waals surface area contributed by atoms with Gasteiger partial charge in [-0.3, -0.25) is 4.79 Å². The number of Topliss-reactive ketones (excluding diaryl/α,β-unsaturated/α-hetero) is 1. The second-order valence-corrected chi connectivity index (χ2v) is 4.36. The molecule has 0 aromatic carbocycles. The summed E-state index contributed by atoms with van der Waals surface area (Å²) < 4.78 is 0. The van der Waals surface area contributed by atoms with Crippen LogP contribution in [0.25, 0.3) is 0 Å². The quantitative estimate of drug-likeness (QED) is 0.395. The molecule has 0 saturated carbocycles. The number of ketones is 1. The van der Waals surface area contributed by atoms with E-state index in [-0.39, 0.29) is 0 Å². The minimum atomic E-state index is 0.343. The monoisotopic (exact) mass is 296 g/mol. The van der Waals surface area contributed by atoms with Crippen LogP contribution in [-0.4, -0.2) is 5.78 Å². The van der Waals surface area contributed by atoms with Gasteiger partial charge in [0.2, 0.25) is 0 Å². The third-order valence-corrected chi connectivity index (χ3v) is 2.32. The first-order valence-corrected chi connectivity index (χ1v) is 8.58. The van der Waals surface area contributed by atoms with Gasteiger partial charge in [-0.05, 0) is 20.3 Å². The van der Waals surface area contributed by atoms with Gasteiger partial charge in [0.15, 0.2) is 0 Å². The van der Waals surface area contributed by atoms with Gasteiger partial charge >= 0.3 is 0 Å². The predicted molar refractivity (Wildman–Crippen MR) is 99.6 cm³/mol. The van der Waals surface area contributed by atoms with E-state index in [1.165, 1.54) is 19.3 Å². The summed E-state index contributed by atoms with van der Waals surface area (Å²) in [5.41, 5.74) is 0. The van der Waals surface area contributed by atoms with Gasteiger partial charge in [-0.15, -0.1) is 11.8 Å². The van der Waals surface area contributed by atoms with Gasteiger partial charge < -0.3 is 0 Å². The maximum Gasteiger partial charge on any atom is 0.132 e. The van der Waals surface area contributed by atoms with E-state index in [0.29, 0.717) is 18.6 Å². The number of unbranched alkanes of at least 4 members (excludes halogenated alkanes) is 2. The fourth-order valence-corrected chi connectivity index (χ4v) is 1.02. The highest BCUT2D eigenvalue weighted by Crippen LogP contribution is 1.88. The predicted octanol–water partition coefficient (Wildman–Crippen LogP) is 6.96. The molecule has 0 amide bonds. The maximum absolute atomic E-state index is 10.2. The van der Waals surface area contributed by atoms with Crippen molar-refractivity contribution in [1.29, 1.82) is 0 Å². The molecule has 0 heterocycles. The summed E-state index contributed by atoms with van der Waals surface area (Å²) in [6.07, 6.45) is 11.8. The van der Waals surface area contributed by atoms with Crippen molar-refractivity contribution in [3.8, 4) is 11.8 Å². The Morgan fingerprint density at radius 3 is 1.43 bits per heavy atom. The fourth-order valence-electron chi connectivity index (χ4n) is 1.02. The molecule has 0 aliphatic carbocycles. The van der Waals surface area contributed by atoms with Gasteiger partial charge in [0.1, 0.15) is 5.78 Å². The van der Waals surface area contributed by atoms with Crippen molar-refractivity contribution < 1.29 is 4.79 Å². The number of carbonyl (C=O) groups excluding carboxylic acids is 1. The van der Waals surface area contributed by atoms with Gasteiger partial charge in [0.25, 0.3) is 0 Å². The van der Waals surface area contributed by atoms with Gasteiger partial charge in [-0.25, -0.2) is 0 Å². The van der Waals surface area contributed by atoms with Crippen LogP contribution in [0.15, 0.2) is 12.2 Å². The Morgan fingerprint density at radius 2 is 1.43 bits per heavy atom. The van der Waals surface area contributed by atoms with E-state index in [2.05, 4.69) is 44.8 Å². The molecule has 0 aliphatic rings. The highest BCUT2D eigenvalue weighted by Gasteiger charge is 1.86. The Morgan fingerprint density at radius 1 is 0.952 bits per heavy atom. The molecule has 0 aliphatic heterocycles. The smallest absolute Gasteiger partial charge is 0.132 e. The third-order valence-electron chi connectivity index (χ3n) is 2.32. The highest BCUT2D eigenvalue weighted by atomic mass is 16.1. The summed E-state index contributed by atoms with van der Waals surface area (Å²) in [7, 11) is 0. The zero-order valence-electron chi connectivity index (χ0n) is 16.0. The highest BCUT2D eigenvalue weighted by molar-refractivity contribution is 5.77. The summed E-state index contributed by atoms with van der Waals surface area (Å²) in [4.78, 5) is 10.2. The first-order chi connectivity index (χ1) is 10.1. The maximum atomic E-state index is 10.2. The van der Waals surface area contributed by atoms with Gasteiger partial charge in [0.05, 0.1) is 0 Å². The van der Waals surface area contributed by atoms with Crippen LogP contribution in [0.5, 0.6) is 0 Å². The standard InChI is InChI=1S/C5H10O.C5H12.C5H10.C5H8/c1-3-5(6)4-2;3*1-3-5-4-2/h3-4H2,1-2H3;3-5H2,1-2H3;3,5H,4H2,1-2H3;3H2,1-2H3/b;;5-3-;. The van der Waals surface area contributed by atoms with Crippen LogP contribution in [0.1, 0.15) is 100 Å². The fraction of sp³-hybridized carbons (Fsp3) is 0.750. The molecular formula is C20H40O. The summed E-state index contributed by atoms with van der Waals surface area (Å²) in [5, 5.41) is 0. The lowest BCUT2D eigenvalue weighted by Crippen LogP contribution is -1.88. The number of hydrogen-bond acceptors (Lipinski definition) is 1.